The molecule has 8 nitrogen and oxygen atoms in total. The molecule has 2 aromatic carbocycles. The number of aromatic nitrogens is 5. The smallest absolute Gasteiger partial charge is 0.353 e. The van der Waals surface area contributed by atoms with Crippen molar-refractivity contribution in [1.82, 2.24) is 24.1 Å². The van der Waals surface area contributed by atoms with Gasteiger partial charge in [-0.1, -0.05) is 30.3 Å². The molecule has 0 bridgehead atoms. The Bertz CT molecular complexity index is 1580. The van der Waals surface area contributed by atoms with Gasteiger partial charge in [0.1, 0.15) is 11.6 Å². The lowest BCUT2D eigenvalue weighted by atomic mass is 9.96. The lowest BCUT2D eigenvalue weighted by molar-refractivity contribution is 0.408. The van der Waals surface area contributed by atoms with Gasteiger partial charge in [-0.15, -0.1) is 5.10 Å². The third-order valence-electron chi connectivity index (χ3n) is 5.86. The van der Waals surface area contributed by atoms with E-state index in [1.54, 1.807) is 7.11 Å². The van der Waals surface area contributed by atoms with Crippen molar-refractivity contribution in [3.63, 3.8) is 0 Å². The van der Waals surface area contributed by atoms with Gasteiger partial charge in [0.2, 0.25) is 5.95 Å². The molecule has 0 aliphatic heterocycles. The number of fused-ring (bicyclic) bond motifs is 1. The van der Waals surface area contributed by atoms with Gasteiger partial charge in [-0.3, -0.25) is 4.98 Å². The number of ether oxygens (including phenoxy) is 1. The number of nitrogens with zero attached hydrogens (tertiary/aromatic N) is 5. The van der Waals surface area contributed by atoms with Crippen LogP contribution in [0.25, 0.3) is 28.0 Å². The number of hydrogen-bond acceptors (Lipinski definition) is 6. The number of nitrogen functional groups attached to an aromatic ring is 1. The number of hydrogen-bond donors (Lipinski definition) is 1. The molecule has 3 heterocycles. The Kier molecular flexibility index (Phi) is 5.52. The number of rotatable bonds is 5. The highest BCUT2D eigenvalue weighted by atomic mass is 19.1. The summed E-state index contributed by atoms with van der Waals surface area (Å²) in [5.41, 5.74) is 11.5. The maximum absolute atomic E-state index is 13.3. The summed E-state index contributed by atoms with van der Waals surface area (Å²) < 4.78 is 21.4. The van der Waals surface area contributed by atoms with Crippen LogP contribution in [-0.2, 0) is 6.54 Å². The van der Waals surface area contributed by atoms with Crippen LogP contribution in [-0.4, -0.2) is 31.3 Å². The first-order valence-electron chi connectivity index (χ1n) is 11.0. The first-order valence-corrected chi connectivity index (χ1v) is 11.0. The van der Waals surface area contributed by atoms with Crippen LogP contribution in [0.5, 0.6) is 5.75 Å². The van der Waals surface area contributed by atoms with Crippen molar-refractivity contribution in [2.45, 2.75) is 20.4 Å². The van der Waals surface area contributed by atoms with Gasteiger partial charge < -0.3 is 10.5 Å². The summed E-state index contributed by atoms with van der Waals surface area (Å²) in [6.45, 7) is 3.98. The molecular formula is C26H23FN6O2. The van der Waals surface area contributed by atoms with Crippen LogP contribution in [0.1, 0.15) is 16.8 Å². The first kappa shape index (κ1) is 22.3. The topological polar surface area (TPSA) is 100 Å². The van der Waals surface area contributed by atoms with Gasteiger partial charge in [-0.2, -0.15) is 0 Å². The molecule has 0 aliphatic rings. The standard InChI is InChI=1S/C26H23FN6O2/c1-15-11-18(12-16(2)23(15)35-3)21-22(17-7-5-4-6-8-17)30-25(28)33-24(21)31-32(26(33)34)14-20-10-9-19(27)13-29-20/h4-13H,14H2,1-3H3,(H2,28,30). The second-order valence-corrected chi connectivity index (χ2v) is 8.27. The third kappa shape index (κ3) is 3.90. The molecule has 0 atom stereocenters. The Morgan fingerprint density at radius 2 is 1.74 bits per heavy atom. The molecule has 0 aliphatic carbocycles. The molecule has 0 spiro atoms. The number of pyridine rings is 1. The molecule has 0 saturated carbocycles. The molecule has 5 rings (SSSR count). The summed E-state index contributed by atoms with van der Waals surface area (Å²) in [5.74, 6) is 0.359. The fourth-order valence-electron chi connectivity index (χ4n) is 4.35. The molecule has 35 heavy (non-hydrogen) atoms. The van der Waals surface area contributed by atoms with Crippen molar-refractivity contribution in [2.75, 3.05) is 12.8 Å². The predicted molar refractivity (Wildman–Crippen MR) is 132 cm³/mol. The summed E-state index contributed by atoms with van der Waals surface area (Å²) in [6.07, 6.45) is 1.11. The minimum Gasteiger partial charge on any atom is -0.496 e. The number of aryl methyl sites for hydroxylation is 2. The van der Waals surface area contributed by atoms with Crippen LogP contribution in [0.3, 0.4) is 0 Å². The summed E-state index contributed by atoms with van der Waals surface area (Å²) in [7, 11) is 1.64. The van der Waals surface area contributed by atoms with E-state index in [-0.39, 0.29) is 12.5 Å². The lowest BCUT2D eigenvalue weighted by Crippen LogP contribution is -2.24. The number of nitrogens with two attached hydrogens (primary N) is 1. The van der Waals surface area contributed by atoms with Gasteiger partial charge in [0.05, 0.1) is 36.8 Å². The van der Waals surface area contributed by atoms with Crippen molar-refractivity contribution < 1.29 is 9.13 Å². The average Bonchev–Trinajstić information content (AvgIpc) is 3.17. The largest absolute Gasteiger partial charge is 0.496 e. The summed E-state index contributed by atoms with van der Waals surface area (Å²) >= 11 is 0. The molecule has 0 saturated heterocycles. The summed E-state index contributed by atoms with van der Waals surface area (Å²) in [4.78, 5) is 22.0. The molecule has 9 heteroatoms. The minimum atomic E-state index is -0.459. The van der Waals surface area contributed by atoms with Crippen molar-refractivity contribution in [2.24, 2.45) is 0 Å². The van der Waals surface area contributed by atoms with Crippen molar-refractivity contribution in [3.8, 4) is 28.1 Å². The van der Waals surface area contributed by atoms with Crippen LogP contribution in [0, 0.1) is 19.7 Å². The van der Waals surface area contributed by atoms with Gasteiger partial charge in [-0.05, 0) is 54.8 Å². The second-order valence-electron chi connectivity index (χ2n) is 8.27. The van der Waals surface area contributed by atoms with Gasteiger partial charge >= 0.3 is 5.69 Å². The van der Waals surface area contributed by atoms with Crippen LogP contribution >= 0.6 is 0 Å². The van der Waals surface area contributed by atoms with Gasteiger partial charge in [0.15, 0.2) is 5.65 Å². The van der Waals surface area contributed by atoms with Gasteiger partial charge in [-0.25, -0.2) is 23.3 Å². The average molecular weight is 471 g/mol. The molecular weight excluding hydrogens is 447 g/mol. The van der Waals surface area contributed by atoms with E-state index in [1.807, 2.05) is 56.3 Å². The molecule has 2 N–H and O–H groups in total. The molecule has 0 unspecified atom stereocenters. The lowest BCUT2D eigenvalue weighted by Gasteiger charge is -2.15. The zero-order chi connectivity index (χ0) is 24.7. The summed E-state index contributed by atoms with van der Waals surface area (Å²) in [5, 5.41) is 4.64. The molecule has 0 radical (unpaired) electrons. The van der Waals surface area contributed by atoms with E-state index in [0.29, 0.717) is 22.6 Å². The Morgan fingerprint density at radius 1 is 1.03 bits per heavy atom. The predicted octanol–water partition coefficient (Wildman–Crippen LogP) is 4.02. The zero-order valence-electron chi connectivity index (χ0n) is 19.5. The number of methoxy groups -OCH3 is 1. The van der Waals surface area contributed by atoms with Crippen LogP contribution < -0.4 is 16.2 Å². The molecule has 5 aromatic rings. The van der Waals surface area contributed by atoms with E-state index >= 15 is 0 Å². The Morgan fingerprint density at radius 3 is 2.37 bits per heavy atom. The SMILES string of the molecule is COc1c(C)cc(-c2c(-c3ccccc3)nc(N)n3c(=O)n(Cc4ccc(F)cn4)nc23)cc1C. The van der Waals surface area contributed by atoms with Crippen LogP contribution in [0.4, 0.5) is 10.3 Å². The maximum Gasteiger partial charge on any atom is 0.353 e. The minimum absolute atomic E-state index is 0.0212. The van der Waals surface area contributed by atoms with Crippen LogP contribution in [0.15, 0.2) is 65.6 Å². The quantitative estimate of drug-likeness (QED) is 0.417. The fourth-order valence-corrected chi connectivity index (χ4v) is 4.35. The maximum atomic E-state index is 13.3. The molecule has 3 aromatic heterocycles. The van der Waals surface area contributed by atoms with Crippen LogP contribution in [0.2, 0.25) is 0 Å². The van der Waals surface area contributed by atoms with E-state index in [9.17, 15) is 9.18 Å². The molecule has 0 amide bonds. The highest BCUT2D eigenvalue weighted by Gasteiger charge is 2.22. The van der Waals surface area contributed by atoms with Gasteiger partial charge in [0, 0.05) is 5.56 Å². The number of anilines is 1. The van der Waals surface area contributed by atoms with Gasteiger partial charge in [0.25, 0.3) is 0 Å². The van der Waals surface area contributed by atoms with Crippen molar-refractivity contribution >= 4 is 11.6 Å². The second kappa shape index (κ2) is 8.68. The Hall–Kier alpha value is -4.53. The van der Waals surface area contributed by atoms with E-state index in [4.69, 9.17) is 10.5 Å². The normalized spacial score (nSPS) is 11.2. The molecule has 176 valence electrons. The Balaban J connectivity index is 1.81. The van der Waals surface area contributed by atoms with Crippen molar-refractivity contribution in [1.29, 1.82) is 0 Å². The van der Waals surface area contributed by atoms with E-state index in [0.717, 1.165) is 34.2 Å². The zero-order valence-corrected chi connectivity index (χ0v) is 19.5. The number of halogens is 1. The third-order valence-corrected chi connectivity index (χ3v) is 5.86. The summed E-state index contributed by atoms with van der Waals surface area (Å²) in [6, 6.07) is 16.4. The Labute approximate surface area is 200 Å². The fraction of sp³-hybridized carbons (Fsp3) is 0.154. The highest BCUT2D eigenvalue weighted by Crippen LogP contribution is 2.37. The van der Waals surface area contributed by atoms with Crippen molar-refractivity contribution in [3.05, 3.63) is 93.9 Å². The van der Waals surface area contributed by atoms with E-state index in [1.165, 1.54) is 21.2 Å². The highest BCUT2D eigenvalue weighted by molar-refractivity contribution is 5.91. The number of benzene rings is 2. The van der Waals surface area contributed by atoms with E-state index in [2.05, 4.69) is 15.1 Å². The van der Waals surface area contributed by atoms with E-state index < -0.39 is 11.5 Å². The monoisotopic (exact) mass is 470 g/mol. The first-order chi connectivity index (χ1) is 16.9. The molecule has 0 fully saturated rings.